The number of hydrogen-bond acceptors (Lipinski definition) is 3. The molecule has 0 aliphatic heterocycles. The van der Waals surface area contributed by atoms with Crippen LogP contribution in [0.5, 0.6) is 0 Å². The predicted molar refractivity (Wildman–Crippen MR) is 66.2 cm³/mol. The summed E-state index contributed by atoms with van der Waals surface area (Å²) in [5.41, 5.74) is 7.45. The summed E-state index contributed by atoms with van der Waals surface area (Å²) in [6, 6.07) is 3.95. The van der Waals surface area contributed by atoms with Crippen LogP contribution in [0, 0.1) is 6.92 Å². The molecule has 2 N–H and O–H groups in total. The van der Waals surface area contributed by atoms with Crippen molar-refractivity contribution in [3.05, 3.63) is 17.8 Å². The van der Waals surface area contributed by atoms with Crippen LogP contribution in [0.15, 0.2) is 12.1 Å². The maximum absolute atomic E-state index is 5.76. The van der Waals surface area contributed by atoms with Gasteiger partial charge in [0.2, 0.25) is 0 Å². The molecule has 0 saturated heterocycles. The van der Waals surface area contributed by atoms with Gasteiger partial charge in [-0.05, 0) is 31.9 Å². The number of nitrogens with two attached hydrogens (primary N) is 1. The van der Waals surface area contributed by atoms with Gasteiger partial charge < -0.3 is 10.6 Å². The Morgan fingerprint density at radius 2 is 1.80 bits per heavy atom. The van der Waals surface area contributed by atoms with Gasteiger partial charge in [0.25, 0.3) is 0 Å². The van der Waals surface area contributed by atoms with E-state index in [1.165, 1.54) is 0 Å². The highest BCUT2D eigenvalue weighted by atomic mass is 15.2. The zero-order valence-electron chi connectivity index (χ0n) is 9.95. The average Bonchev–Trinajstić information content (AvgIpc) is 2.22. The molecule has 0 atom stereocenters. The van der Waals surface area contributed by atoms with Crippen molar-refractivity contribution in [2.75, 3.05) is 23.7 Å². The van der Waals surface area contributed by atoms with E-state index in [-0.39, 0.29) is 0 Å². The van der Waals surface area contributed by atoms with Crippen LogP contribution >= 0.6 is 0 Å². The lowest BCUT2D eigenvalue weighted by Crippen LogP contribution is -2.26. The average molecular weight is 207 g/mol. The molecule has 15 heavy (non-hydrogen) atoms. The fourth-order valence-electron chi connectivity index (χ4n) is 1.62. The zero-order chi connectivity index (χ0) is 11.3. The maximum atomic E-state index is 5.76. The van der Waals surface area contributed by atoms with Gasteiger partial charge in [-0.15, -0.1) is 0 Å². The standard InChI is InChI=1S/C12H21N3/c1-4-8-15(9-5-2)12-7-6-11(13)10(3)14-12/h6-7H,4-5,8-9,13H2,1-3H3. The highest BCUT2D eigenvalue weighted by molar-refractivity contribution is 5.50. The first-order valence-corrected chi connectivity index (χ1v) is 5.67. The first-order chi connectivity index (χ1) is 7.19. The molecule has 0 aliphatic carbocycles. The normalized spacial score (nSPS) is 10.3. The highest BCUT2D eigenvalue weighted by Gasteiger charge is 2.06. The van der Waals surface area contributed by atoms with Gasteiger partial charge >= 0.3 is 0 Å². The van der Waals surface area contributed by atoms with Gasteiger partial charge in [-0.3, -0.25) is 0 Å². The van der Waals surface area contributed by atoms with Gasteiger partial charge in [0.05, 0.1) is 11.4 Å². The summed E-state index contributed by atoms with van der Waals surface area (Å²) in [4.78, 5) is 6.82. The Bertz CT molecular complexity index is 304. The molecule has 0 radical (unpaired) electrons. The molecule has 0 fully saturated rings. The molecule has 84 valence electrons. The third-order valence-electron chi connectivity index (χ3n) is 2.42. The van der Waals surface area contributed by atoms with E-state index in [0.717, 1.165) is 43.1 Å². The minimum absolute atomic E-state index is 0.770. The summed E-state index contributed by atoms with van der Waals surface area (Å²) in [6.07, 6.45) is 2.29. The topological polar surface area (TPSA) is 42.1 Å². The third kappa shape index (κ3) is 3.11. The smallest absolute Gasteiger partial charge is 0.128 e. The Morgan fingerprint density at radius 1 is 1.20 bits per heavy atom. The van der Waals surface area contributed by atoms with E-state index in [2.05, 4.69) is 23.7 Å². The monoisotopic (exact) mass is 207 g/mol. The van der Waals surface area contributed by atoms with Crippen LogP contribution in [0.25, 0.3) is 0 Å². The predicted octanol–water partition coefficient (Wildman–Crippen LogP) is 2.60. The lowest BCUT2D eigenvalue weighted by Gasteiger charge is -2.23. The molecule has 0 aliphatic rings. The fourth-order valence-corrected chi connectivity index (χ4v) is 1.62. The number of rotatable bonds is 5. The molecular formula is C12H21N3. The van der Waals surface area contributed by atoms with Crippen LogP contribution < -0.4 is 10.6 Å². The van der Waals surface area contributed by atoms with Crippen molar-refractivity contribution in [3.63, 3.8) is 0 Å². The van der Waals surface area contributed by atoms with Crippen molar-refractivity contribution in [1.29, 1.82) is 0 Å². The Morgan fingerprint density at radius 3 is 2.27 bits per heavy atom. The molecule has 0 amide bonds. The van der Waals surface area contributed by atoms with Gasteiger partial charge in [0.15, 0.2) is 0 Å². The van der Waals surface area contributed by atoms with Crippen LogP contribution in [0.3, 0.4) is 0 Å². The van der Waals surface area contributed by atoms with E-state index in [1.54, 1.807) is 0 Å². The molecule has 1 aromatic heterocycles. The summed E-state index contributed by atoms with van der Waals surface area (Å²) in [7, 11) is 0. The van der Waals surface area contributed by atoms with E-state index < -0.39 is 0 Å². The van der Waals surface area contributed by atoms with E-state index >= 15 is 0 Å². The van der Waals surface area contributed by atoms with E-state index in [9.17, 15) is 0 Å². The van der Waals surface area contributed by atoms with Crippen LogP contribution in [-0.2, 0) is 0 Å². The largest absolute Gasteiger partial charge is 0.397 e. The Labute approximate surface area is 92.3 Å². The summed E-state index contributed by atoms with van der Waals surface area (Å²) >= 11 is 0. The van der Waals surface area contributed by atoms with Crippen molar-refractivity contribution in [2.45, 2.75) is 33.6 Å². The second kappa shape index (κ2) is 5.59. The number of pyridine rings is 1. The maximum Gasteiger partial charge on any atom is 0.128 e. The summed E-state index contributed by atoms with van der Waals surface area (Å²) in [5.74, 6) is 1.05. The van der Waals surface area contributed by atoms with Gasteiger partial charge in [-0.25, -0.2) is 4.98 Å². The van der Waals surface area contributed by atoms with E-state index in [1.807, 2.05) is 19.1 Å². The van der Waals surface area contributed by atoms with Gasteiger partial charge in [-0.1, -0.05) is 13.8 Å². The fraction of sp³-hybridized carbons (Fsp3) is 0.583. The Kier molecular flexibility index (Phi) is 4.40. The molecule has 1 rings (SSSR count). The number of hydrogen-bond donors (Lipinski definition) is 1. The minimum Gasteiger partial charge on any atom is -0.397 e. The molecule has 0 unspecified atom stereocenters. The van der Waals surface area contributed by atoms with Crippen LogP contribution in [0.2, 0.25) is 0 Å². The number of aromatic nitrogens is 1. The van der Waals surface area contributed by atoms with Crippen LogP contribution in [-0.4, -0.2) is 18.1 Å². The van der Waals surface area contributed by atoms with Crippen molar-refractivity contribution in [1.82, 2.24) is 4.98 Å². The van der Waals surface area contributed by atoms with Gasteiger partial charge in [-0.2, -0.15) is 0 Å². The number of nitrogens with zero attached hydrogens (tertiary/aromatic N) is 2. The first-order valence-electron chi connectivity index (χ1n) is 5.67. The number of aryl methyl sites for hydroxylation is 1. The summed E-state index contributed by atoms with van der Waals surface area (Å²) < 4.78 is 0. The number of nitrogen functional groups attached to an aromatic ring is 1. The van der Waals surface area contributed by atoms with Crippen molar-refractivity contribution >= 4 is 11.5 Å². The van der Waals surface area contributed by atoms with Gasteiger partial charge in [0.1, 0.15) is 5.82 Å². The molecule has 0 saturated carbocycles. The summed E-state index contributed by atoms with van der Waals surface area (Å²) in [5, 5.41) is 0. The highest BCUT2D eigenvalue weighted by Crippen LogP contribution is 2.16. The summed E-state index contributed by atoms with van der Waals surface area (Å²) in [6.45, 7) is 8.45. The van der Waals surface area contributed by atoms with E-state index in [4.69, 9.17) is 5.73 Å². The molecule has 3 nitrogen and oxygen atoms in total. The molecule has 3 heteroatoms. The molecule has 0 bridgehead atoms. The minimum atomic E-state index is 0.770. The van der Waals surface area contributed by atoms with Crippen LogP contribution in [0.4, 0.5) is 11.5 Å². The molecular weight excluding hydrogens is 186 g/mol. The molecule has 1 aromatic rings. The van der Waals surface area contributed by atoms with Crippen molar-refractivity contribution in [2.24, 2.45) is 0 Å². The quantitative estimate of drug-likeness (QED) is 0.807. The zero-order valence-corrected chi connectivity index (χ0v) is 9.95. The second-order valence-corrected chi connectivity index (χ2v) is 3.83. The van der Waals surface area contributed by atoms with Crippen LogP contribution in [0.1, 0.15) is 32.4 Å². The van der Waals surface area contributed by atoms with Crippen molar-refractivity contribution in [3.8, 4) is 0 Å². The number of anilines is 2. The Balaban J connectivity index is 2.85. The van der Waals surface area contributed by atoms with E-state index in [0.29, 0.717) is 0 Å². The van der Waals surface area contributed by atoms with Gasteiger partial charge in [0, 0.05) is 13.1 Å². The Hall–Kier alpha value is -1.25. The third-order valence-corrected chi connectivity index (χ3v) is 2.42. The first kappa shape index (κ1) is 11.8. The second-order valence-electron chi connectivity index (χ2n) is 3.83. The lowest BCUT2D eigenvalue weighted by atomic mass is 10.3. The molecule has 1 heterocycles. The molecule has 0 aromatic carbocycles. The molecule has 0 spiro atoms. The lowest BCUT2D eigenvalue weighted by molar-refractivity contribution is 0.733. The SMILES string of the molecule is CCCN(CCC)c1ccc(N)c(C)n1. The van der Waals surface area contributed by atoms with Crippen molar-refractivity contribution < 1.29 is 0 Å².